The summed E-state index contributed by atoms with van der Waals surface area (Å²) in [4.78, 5) is 34.6. The molecule has 0 spiro atoms. The Morgan fingerprint density at radius 2 is 1.71 bits per heavy atom. The van der Waals surface area contributed by atoms with E-state index in [1.807, 2.05) is 13.8 Å². The average molecular weight is 381 g/mol. The van der Waals surface area contributed by atoms with Crippen LogP contribution in [0.4, 0.5) is 4.39 Å². The maximum atomic E-state index is 13.7. The SMILES string of the molecule is Cc1nc2ccc(C(=O)OCC(=O)N(C)Cc3ccccc3F)cc2nc1C. The molecule has 0 fully saturated rings. The van der Waals surface area contributed by atoms with Gasteiger partial charge in [0.15, 0.2) is 6.61 Å². The van der Waals surface area contributed by atoms with Gasteiger partial charge in [0.2, 0.25) is 0 Å². The first-order chi connectivity index (χ1) is 13.3. The molecule has 0 radical (unpaired) electrons. The van der Waals surface area contributed by atoms with E-state index in [4.69, 9.17) is 4.74 Å². The zero-order chi connectivity index (χ0) is 20.3. The van der Waals surface area contributed by atoms with Crippen LogP contribution in [0.15, 0.2) is 42.5 Å². The molecule has 0 atom stereocenters. The summed E-state index contributed by atoms with van der Waals surface area (Å²) in [5.41, 5.74) is 3.55. The molecule has 2 aromatic carbocycles. The van der Waals surface area contributed by atoms with Crippen molar-refractivity contribution in [1.29, 1.82) is 0 Å². The first-order valence-electron chi connectivity index (χ1n) is 8.74. The second kappa shape index (κ2) is 8.12. The van der Waals surface area contributed by atoms with Gasteiger partial charge < -0.3 is 9.64 Å². The van der Waals surface area contributed by atoms with E-state index in [1.165, 1.54) is 18.0 Å². The number of fused-ring (bicyclic) bond motifs is 1. The summed E-state index contributed by atoms with van der Waals surface area (Å²) in [5.74, 6) is -1.44. The highest BCUT2D eigenvalue weighted by Gasteiger charge is 2.16. The molecule has 144 valence electrons. The number of nitrogens with zero attached hydrogens (tertiary/aromatic N) is 3. The number of hydrogen-bond acceptors (Lipinski definition) is 5. The molecular weight excluding hydrogens is 361 g/mol. The van der Waals surface area contributed by atoms with Crippen molar-refractivity contribution in [1.82, 2.24) is 14.9 Å². The Hall–Kier alpha value is -3.35. The molecule has 1 aromatic heterocycles. The third-order valence-electron chi connectivity index (χ3n) is 4.43. The smallest absolute Gasteiger partial charge is 0.338 e. The van der Waals surface area contributed by atoms with Crippen LogP contribution >= 0.6 is 0 Å². The molecule has 0 N–H and O–H groups in total. The van der Waals surface area contributed by atoms with Gasteiger partial charge in [0, 0.05) is 19.2 Å². The fraction of sp³-hybridized carbons (Fsp3) is 0.238. The fourth-order valence-corrected chi connectivity index (χ4v) is 2.65. The van der Waals surface area contributed by atoms with E-state index in [9.17, 15) is 14.0 Å². The number of amides is 1. The lowest BCUT2D eigenvalue weighted by Gasteiger charge is -2.17. The number of esters is 1. The number of rotatable bonds is 5. The molecule has 0 aliphatic carbocycles. The van der Waals surface area contributed by atoms with Crippen molar-refractivity contribution < 1.29 is 18.7 Å². The number of ether oxygens (including phenoxy) is 1. The fourth-order valence-electron chi connectivity index (χ4n) is 2.65. The summed E-state index contributed by atoms with van der Waals surface area (Å²) < 4.78 is 18.8. The molecule has 1 amide bonds. The van der Waals surface area contributed by atoms with Crippen LogP contribution in [-0.4, -0.2) is 40.4 Å². The predicted molar refractivity (Wildman–Crippen MR) is 102 cm³/mol. The molecule has 7 heteroatoms. The minimum atomic E-state index is -0.630. The van der Waals surface area contributed by atoms with Crippen LogP contribution < -0.4 is 0 Å². The number of hydrogen-bond donors (Lipinski definition) is 0. The van der Waals surface area contributed by atoms with Crippen molar-refractivity contribution in [2.45, 2.75) is 20.4 Å². The summed E-state index contributed by atoms with van der Waals surface area (Å²) >= 11 is 0. The lowest BCUT2D eigenvalue weighted by atomic mass is 10.2. The number of aromatic nitrogens is 2. The lowest BCUT2D eigenvalue weighted by Crippen LogP contribution is -2.31. The highest BCUT2D eigenvalue weighted by molar-refractivity contribution is 5.94. The Labute approximate surface area is 162 Å². The Morgan fingerprint density at radius 1 is 1.04 bits per heavy atom. The Bertz CT molecular complexity index is 1050. The third kappa shape index (κ3) is 4.31. The van der Waals surface area contributed by atoms with E-state index in [1.54, 1.807) is 36.4 Å². The normalized spacial score (nSPS) is 10.7. The van der Waals surface area contributed by atoms with E-state index < -0.39 is 18.5 Å². The first-order valence-corrected chi connectivity index (χ1v) is 8.74. The van der Waals surface area contributed by atoms with Crippen molar-refractivity contribution in [2.24, 2.45) is 0 Å². The number of benzene rings is 2. The molecule has 28 heavy (non-hydrogen) atoms. The molecule has 0 unspecified atom stereocenters. The number of carbonyl (C=O) groups excluding carboxylic acids is 2. The summed E-state index contributed by atoms with van der Waals surface area (Å²) in [6.07, 6.45) is 0. The molecule has 0 aliphatic rings. The molecule has 3 aromatic rings. The summed E-state index contributed by atoms with van der Waals surface area (Å²) in [6, 6.07) is 11.1. The highest BCUT2D eigenvalue weighted by Crippen LogP contribution is 2.15. The van der Waals surface area contributed by atoms with Gasteiger partial charge >= 0.3 is 5.97 Å². The molecule has 3 rings (SSSR count). The van der Waals surface area contributed by atoms with E-state index in [0.29, 0.717) is 16.6 Å². The number of halogens is 1. The van der Waals surface area contributed by atoms with Crippen LogP contribution in [0.25, 0.3) is 11.0 Å². The van der Waals surface area contributed by atoms with Gasteiger partial charge in [0.05, 0.1) is 28.0 Å². The largest absolute Gasteiger partial charge is 0.452 e. The molecule has 0 aliphatic heterocycles. The molecular formula is C21H20FN3O3. The maximum Gasteiger partial charge on any atom is 0.338 e. The quantitative estimate of drug-likeness (QED) is 0.635. The molecule has 6 nitrogen and oxygen atoms in total. The van der Waals surface area contributed by atoms with Crippen molar-refractivity contribution in [3.8, 4) is 0 Å². The minimum absolute atomic E-state index is 0.0905. The highest BCUT2D eigenvalue weighted by atomic mass is 19.1. The van der Waals surface area contributed by atoms with Crippen LogP contribution in [0.5, 0.6) is 0 Å². The van der Waals surface area contributed by atoms with Gasteiger partial charge in [-0.3, -0.25) is 4.79 Å². The summed E-state index contributed by atoms with van der Waals surface area (Å²) in [6.45, 7) is 3.37. The van der Waals surface area contributed by atoms with Crippen LogP contribution in [0, 0.1) is 19.7 Å². The molecule has 0 saturated carbocycles. The lowest BCUT2D eigenvalue weighted by molar-refractivity contribution is -0.133. The van der Waals surface area contributed by atoms with Crippen LogP contribution in [-0.2, 0) is 16.1 Å². The van der Waals surface area contributed by atoms with Gasteiger partial charge in [-0.15, -0.1) is 0 Å². The van der Waals surface area contributed by atoms with Crippen molar-refractivity contribution in [3.05, 3.63) is 70.8 Å². The summed E-state index contributed by atoms with van der Waals surface area (Å²) in [5, 5.41) is 0. The van der Waals surface area contributed by atoms with Gasteiger partial charge in [-0.2, -0.15) is 0 Å². The third-order valence-corrected chi connectivity index (χ3v) is 4.43. The minimum Gasteiger partial charge on any atom is -0.452 e. The topological polar surface area (TPSA) is 72.4 Å². The van der Waals surface area contributed by atoms with E-state index >= 15 is 0 Å². The van der Waals surface area contributed by atoms with Crippen LogP contribution in [0.2, 0.25) is 0 Å². The van der Waals surface area contributed by atoms with Gasteiger partial charge in [-0.25, -0.2) is 19.2 Å². The standard InChI is InChI=1S/C21H20FN3O3/c1-13-14(2)24-19-10-15(8-9-18(19)23-13)21(27)28-12-20(26)25(3)11-16-6-4-5-7-17(16)22/h4-10H,11-12H2,1-3H3. The van der Waals surface area contributed by atoms with Gasteiger partial charge in [0.25, 0.3) is 5.91 Å². The maximum absolute atomic E-state index is 13.7. The van der Waals surface area contributed by atoms with Crippen LogP contribution in [0.1, 0.15) is 27.3 Å². The number of aryl methyl sites for hydroxylation is 2. The van der Waals surface area contributed by atoms with Crippen molar-refractivity contribution in [3.63, 3.8) is 0 Å². The Kier molecular flexibility index (Phi) is 5.63. The zero-order valence-electron chi connectivity index (χ0n) is 15.9. The second-order valence-electron chi connectivity index (χ2n) is 6.52. The monoisotopic (exact) mass is 381 g/mol. The van der Waals surface area contributed by atoms with Gasteiger partial charge in [-0.1, -0.05) is 18.2 Å². The van der Waals surface area contributed by atoms with Gasteiger partial charge in [-0.05, 0) is 38.1 Å². The molecule has 1 heterocycles. The van der Waals surface area contributed by atoms with Crippen LogP contribution in [0.3, 0.4) is 0 Å². The zero-order valence-corrected chi connectivity index (χ0v) is 15.9. The molecule has 0 bridgehead atoms. The Morgan fingerprint density at radius 3 is 2.43 bits per heavy atom. The first kappa shape index (κ1) is 19.4. The molecule has 0 saturated heterocycles. The van der Waals surface area contributed by atoms with Crippen molar-refractivity contribution in [2.75, 3.05) is 13.7 Å². The van der Waals surface area contributed by atoms with E-state index in [0.717, 1.165) is 11.4 Å². The predicted octanol–water partition coefficient (Wildman–Crippen LogP) is 3.20. The second-order valence-corrected chi connectivity index (χ2v) is 6.52. The van der Waals surface area contributed by atoms with E-state index in [-0.39, 0.29) is 17.9 Å². The Balaban J connectivity index is 1.63. The van der Waals surface area contributed by atoms with E-state index in [2.05, 4.69) is 9.97 Å². The summed E-state index contributed by atoms with van der Waals surface area (Å²) in [7, 11) is 1.53. The average Bonchev–Trinajstić information content (AvgIpc) is 2.68. The number of carbonyl (C=O) groups is 2. The van der Waals surface area contributed by atoms with Crippen molar-refractivity contribution >= 4 is 22.9 Å². The van der Waals surface area contributed by atoms with Gasteiger partial charge in [0.1, 0.15) is 5.82 Å². The number of likely N-dealkylation sites (N-methyl/N-ethyl adjacent to an activating group) is 1.